The van der Waals surface area contributed by atoms with Gasteiger partial charge in [-0.25, -0.2) is 0 Å². The highest BCUT2D eigenvalue weighted by Gasteiger charge is 2.14. The molecule has 106 valence electrons. The maximum atomic E-state index is 11.7. The van der Waals surface area contributed by atoms with Gasteiger partial charge in [-0.3, -0.25) is 4.72 Å². The Morgan fingerprint density at radius 3 is 2.63 bits per heavy atom. The molecule has 0 amide bonds. The summed E-state index contributed by atoms with van der Waals surface area (Å²) in [4.78, 5) is 0. The van der Waals surface area contributed by atoms with Crippen LogP contribution >= 0.6 is 11.6 Å². The van der Waals surface area contributed by atoms with Gasteiger partial charge < -0.3 is 10.9 Å². The van der Waals surface area contributed by atoms with E-state index in [0.717, 1.165) is 0 Å². The van der Waals surface area contributed by atoms with E-state index in [2.05, 4.69) is 14.6 Å². The highest BCUT2D eigenvalue weighted by Crippen LogP contribution is 2.23. The van der Waals surface area contributed by atoms with Crippen LogP contribution in [0.25, 0.3) is 0 Å². The number of hydrogen-bond donors (Lipinski definition) is 4. The highest BCUT2D eigenvalue weighted by atomic mass is 35.5. The van der Waals surface area contributed by atoms with Gasteiger partial charge in [0.05, 0.1) is 10.7 Å². The van der Waals surface area contributed by atoms with Gasteiger partial charge in [-0.1, -0.05) is 16.8 Å². The van der Waals surface area contributed by atoms with Crippen LogP contribution in [0, 0.1) is 0 Å². The highest BCUT2D eigenvalue weighted by molar-refractivity contribution is 7.90. The smallest absolute Gasteiger partial charge is 0.299 e. The first-order chi connectivity index (χ1) is 8.75. The van der Waals surface area contributed by atoms with Crippen molar-refractivity contribution in [2.24, 2.45) is 10.9 Å². The Bertz CT molecular complexity index is 586. The number of benzene rings is 1. The van der Waals surface area contributed by atoms with Gasteiger partial charge in [-0.15, -0.1) is 0 Å². The van der Waals surface area contributed by atoms with Crippen molar-refractivity contribution >= 4 is 33.3 Å². The van der Waals surface area contributed by atoms with Crippen LogP contribution in [0.2, 0.25) is 5.02 Å². The molecule has 0 fully saturated rings. The van der Waals surface area contributed by atoms with Gasteiger partial charge in [-0.05, 0) is 32.0 Å². The normalized spacial score (nSPS) is 12.7. The predicted octanol–water partition coefficient (Wildman–Crippen LogP) is 1.09. The summed E-state index contributed by atoms with van der Waals surface area (Å²) in [6.45, 7) is 3.38. The van der Waals surface area contributed by atoms with E-state index in [1.807, 2.05) is 0 Å². The molecule has 7 nitrogen and oxygen atoms in total. The molecule has 0 bridgehead atoms. The van der Waals surface area contributed by atoms with Crippen molar-refractivity contribution in [3.63, 3.8) is 0 Å². The number of nitrogens with one attached hydrogen (secondary N) is 2. The van der Waals surface area contributed by atoms with Crippen LogP contribution in [-0.2, 0) is 10.2 Å². The Kier molecular flexibility index (Phi) is 4.98. The molecule has 0 aliphatic carbocycles. The SMILES string of the molecule is CC(C)NS(=O)(=O)Nc1cc(/C(N)=N/O)ccc1Cl. The molecule has 0 atom stereocenters. The minimum Gasteiger partial charge on any atom is -0.409 e. The second-order valence-corrected chi connectivity index (χ2v) is 5.91. The van der Waals surface area contributed by atoms with Gasteiger partial charge in [0.15, 0.2) is 5.84 Å². The molecule has 19 heavy (non-hydrogen) atoms. The molecular weight excluding hydrogens is 292 g/mol. The van der Waals surface area contributed by atoms with Crippen LogP contribution in [0.5, 0.6) is 0 Å². The Balaban J connectivity index is 3.07. The van der Waals surface area contributed by atoms with E-state index in [-0.39, 0.29) is 22.6 Å². The van der Waals surface area contributed by atoms with E-state index in [9.17, 15) is 8.42 Å². The van der Waals surface area contributed by atoms with E-state index >= 15 is 0 Å². The van der Waals surface area contributed by atoms with Gasteiger partial charge in [0.25, 0.3) is 10.2 Å². The Hall–Kier alpha value is -1.51. The number of hydrogen-bond acceptors (Lipinski definition) is 4. The zero-order valence-corrected chi connectivity index (χ0v) is 12.0. The lowest BCUT2D eigenvalue weighted by molar-refractivity contribution is 0.318. The van der Waals surface area contributed by atoms with Crippen molar-refractivity contribution in [3.05, 3.63) is 28.8 Å². The van der Waals surface area contributed by atoms with Gasteiger partial charge in [0.1, 0.15) is 0 Å². The molecule has 1 aromatic carbocycles. The number of halogens is 1. The topological polar surface area (TPSA) is 117 Å². The fourth-order valence-corrected chi connectivity index (χ4v) is 2.66. The average molecular weight is 307 g/mol. The summed E-state index contributed by atoms with van der Waals surface area (Å²) in [5.74, 6) is -0.145. The number of nitrogens with zero attached hydrogens (tertiary/aromatic N) is 1. The molecule has 0 aliphatic rings. The van der Waals surface area contributed by atoms with Crippen molar-refractivity contribution in [1.29, 1.82) is 0 Å². The number of anilines is 1. The van der Waals surface area contributed by atoms with Crippen molar-refractivity contribution in [2.45, 2.75) is 19.9 Å². The second-order valence-electron chi connectivity index (χ2n) is 4.06. The van der Waals surface area contributed by atoms with Crippen LogP contribution in [-0.4, -0.2) is 25.5 Å². The van der Waals surface area contributed by atoms with Crippen molar-refractivity contribution < 1.29 is 13.6 Å². The largest absolute Gasteiger partial charge is 0.409 e. The first-order valence-corrected chi connectivity index (χ1v) is 7.19. The van der Waals surface area contributed by atoms with Crippen molar-refractivity contribution in [3.8, 4) is 0 Å². The zero-order valence-electron chi connectivity index (χ0n) is 10.4. The maximum Gasteiger partial charge on any atom is 0.299 e. The van der Waals surface area contributed by atoms with E-state index in [4.69, 9.17) is 22.5 Å². The standard InChI is InChI=1S/C10H15ClN4O3S/c1-6(2)14-19(17,18)15-9-5-7(10(12)13-16)3-4-8(9)11/h3-6,14-16H,1-2H3,(H2,12,13). The molecule has 5 N–H and O–H groups in total. The summed E-state index contributed by atoms with van der Waals surface area (Å²) in [5.41, 5.74) is 5.90. The molecule has 9 heteroatoms. The van der Waals surface area contributed by atoms with E-state index in [0.29, 0.717) is 5.56 Å². The summed E-state index contributed by atoms with van der Waals surface area (Å²) >= 11 is 5.89. The third-order valence-electron chi connectivity index (χ3n) is 2.01. The molecule has 0 unspecified atom stereocenters. The van der Waals surface area contributed by atoms with Crippen LogP contribution in [0.3, 0.4) is 0 Å². The number of oxime groups is 1. The monoisotopic (exact) mass is 306 g/mol. The molecular formula is C10H15ClN4O3S. The fourth-order valence-electron chi connectivity index (χ4n) is 1.31. The van der Waals surface area contributed by atoms with Crippen LogP contribution in [0.1, 0.15) is 19.4 Å². The number of rotatable bonds is 5. The third kappa shape index (κ3) is 4.58. The van der Waals surface area contributed by atoms with Crippen LogP contribution < -0.4 is 15.2 Å². The first-order valence-electron chi connectivity index (χ1n) is 5.32. The van der Waals surface area contributed by atoms with Gasteiger partial charge in [-0.2, -0.15) is 13.1 Å². The molecule has 1 rings (SSSR count). The molecule has 0 aliphatic heterocycles. The van der Waals surface area contributed by atoms with E-state index < -0.39 is 10.2 Å². The molecule has 0 radical (unpaired) electrons. The number of nitrogens with two attached hydrogens (primary N) is 1. The summed E-state index contributed by atoms with van der Waals surface area (Å²) in [7, 11) is -3.73. The van der Waals surface area contributed by atoms with E-state index in [1.54, 1.807) is 13.8 Å². The first kappa shape index (κ1) is 15.5. The minimum absolute atomic E-state index is 0.138. The second kappa shape index (κ2) is 6.09. The van der Waals surface area contributed by atoms with Gasteiger partial charge >= 0.3 is 0 Å². The lowest BCUT2D eigenvalue weighted by Gasteiger charge is -2.13. The molecule has 0 aromatic heterocycles. The van der Waals surface area contributed by atoms with Crippen LogP contribution in [0.4, 0.5) is 5.69 Å². The minimum atomic E-state index is -3.73. The average Bonchev–Trinajstić information content (AvgIpc) is 2.29. The lowest BCUT2D eigenvalue weighted by atomic mass is 10.2. The number of amidine groups is 1. The van der Waals surface area contributed by atoms with Crippen molar-refractivity contribution in [2.75, 3.05) is 4.72 Å². The van der Waals surface area contributed by atoms with E-state index in [1.165, 1.54) is 18.2 Å². The quantitative estimate of drug-likeness (QED) is 0.282. The Morgan fingerprint density at radius 2 is 2.11 bits per heavy atom. The summed E-state index contributed by atoms with van der Waals surface area (Å²) in [6, 6.07) is 4.06. The Labute approximate surface area is 116 Å². The molecule has 0 spiro atoms. The third-order valence-corrected chi connectivity index (χ3v) is 3.60. The summed E-state index contributed by atoms with van der Waals surface area (Å²) in [5, 5.41) is 11.6. The Morgan fingerprint density at radius 1 is 1.47 bits per heavy atom. The molecule has 0 saturated heterocycles. The zero-order chi connectivity index (χ0) is 14.6. The molecule has 0 heterocycles. The van der Waals surface area contributed by atoms with Gasteiger partial charge in [0, 0.05) is 11.6 Å². The van der Waals surface area contributed by atoms with Gasteiger partial charge in [0.2, 0.25) is 0 Å². The fraction of sp³-hybridized carbons (Fsp3) is 0.300. The maximum absolute atomic E-state index is 11.7. The van der Waals surface area contributed by atoms with Crippen LogP contribution in [0.15, 0.2) is 23.4 Å². The predicted molar refractivity (Wildman–Crippen MR) is 74.8 cm³/mol. The summed E-state index contributed by atoms with van der Waals surface area (Å²) in [6.07, 6.45) is 0. The molecule has 0 saturated carbocycles. The van der Waals surface area contributed by atoms with Crippen molar-refractivity contribution in [1.82, 2.24) is 4.72 Å². The summed E-state index contributed by atoms with van der Waals surface area (Å²) < 4.78 is 28.1. The molecule has 1 aromatic rings. The lowest BCUT2D eigenvalue weighted by Crippen LogP contribution is -2.35.